The van der Waals surface area contributed by atoms with Gasteiger partial charge in [0.25, 0.3) is 0 Å². The standard InChI is InChI=1S/C11H20O2/c1-8(2)6-11(13-5)9(3)7-10(4)12/h7-8,11H,6H2,1-5H3. The van der Waals surface area contributed by atoms with Crippen LogP contribution in [0.25, 0.3) is 0 Å². The molecule has 76 valence electrons. The molecule has 0 N–H and O–H groups in total. The first-order chi connectivity index (χ1) is 5.97. The fourth-order valence-corrected chi connectivity index (χ4v) is 1.31. The fraction of sp³-hybridized carbons (Fsp3) is 0.727. The molecule has 2 heteroatoms. The van der Waals surface area contributed by atoms with E-state index in [-0.39, 0.29) is 11.9 Å². The van der Waals surface area contributed by atoms with Gasteiger partial charge in [0.15, 0.2) is 5.78 Å². The molecule has 0 saturated carbocycles. The van der Waals surface area contributed by atoms with Crippen molar-refractivity contribution in [2.24, 2.45) is 5.92 Å². The van der Waals surface area contributed by atoms with Crippen LogP contribution in [0.4, 0.5) is 0 Å². The van der Waals surface area contributed by atoms with Crippen molar-refractivity contribution >= 4 is 5.78 Å². The van der Waals surface area contributed by atoms with E-state index in [0.717, 1.165) is 12.0 Å². The number of hydrogen-bond acceptors (Lipinski definition) is 2. The first kappa shape index (κ1) is 12.4. The van der Waals surface area contributed by atoms with E-state index in [1.807, 2.05) is 6.92 Å². The van der Waals surface area contributed by atoms with Crippen molar-refractivity contribution in [2.45, 2.75) is 40.2 Å². The minimum absolute atomic E-state index is 0.0864. The highest BCUT2D eigenvalue weighted by Crippen LogP contribution is 2.15. The van der Waals surface area contributed by atoms with Crippen LogP contribution in [0.5, 0.6) is 0 Å². The lowest BCUT2D eigenvalue weighted by Gasteiger charge is -2.17. The summed E-state index contributed by atoms with van der Waals surface area (Å²) in [5, 5.41) is 0. The average molecular weight is 184 g/mol. The summed E-state index contributed by atoms with van der Waals surface area (Å²) in [4.78, 5) is 10.8. The molecule has 0 spiro atoms. The van der Waals surface area contributed by atoms with Gasteiger partial charge in [-0.15, -0.1) is 0 Å². The second kappa shape index (κ2) is 5.92. The van der Waals surface area contributed by atoms with Crippen LogP contribution in [0.15, 0.2) is 11.6 Å². The van der Waals surface area contributed by atoms with Gasteiger partial charge >= 0.3 is 0 Å². The number of carbonyl (C=O) groups is 1. The van der Waals surface area contributed by atoms with Crippen LogP contribution in [0.3, 0.4) is 0 Å². The Bertz CT molecular complexity index is 192. The monoisotopic (exact) mass is 184 g/mol. The first-order valence-corrected chi connectivity index (χ1v) is 4.69. The molecule has 0 fully saturated rings. The van der Waals surface area contributed by atoms with E-state index in [4.69, 9.17) is 4.74 Å². The molecule has 0 heterocycles. The third-order valence-electron chi connectivity index (χ3n) is 1.91. The molecule has 0 aromatic rings. The summed E-state index contributed by atoms with van der Waals surface area (Å²) in [6.45, 7) is 7.80. The van der Waals surface area contributed by atoms with Gasteiger partial charge in [-0.1, -0.05) is 13.8 Å². The second-order valence-electron chi connectivity index (χ2n) is 3.85. The van der Waals surface area contributed by atoms with Crippen molar-refractivity contribution in [1.82, 2.24) is 0 Å². The molecule has 0 amide bonds. The third kappa shape index (κ3) is 5.58. The molecular formula is C11H20O2. The quantitative estimate of drug-likeness (QED) is 0.614. The molecule has 2 nitrogen and oxygen atoms in total. The van der Waals surface area contributed by atoms with E-state index in [1.54, 1.807) is 20.1 Å². The van der Waals surface area contributed by atoms with Gasteiger partial charge in [-0.25, -0.2) is 0 Å². The Morgan fingerprint density at radius 3 is 2.23 bits per heavy atom. The summed E-state index contributed by atoms with van der Waals surface area (Å²) >= 11 is 0. The van der Waals surface area contributed by atoms with E-state index in [2.05, 4.69) is 13.8 Å². The van der Waals surface area contributed by atoms with Crippen molar-refractivity contribution < 1.29 is 9.53 Å². The molecule has 0 saturated heterocycles. The number of ketones is 1. The van der Waals surface area contributed by atoms with Gasteiger partial charge in [0.2, 0.25) is 0 Å². The third-order valence-corrected chi connectivity index (χ3v) is 1.91. The lowest BCUT2D eigenvalue weighted by molar-refractivity contribution is -0.112. The number of rotatable bonds is 5. The fourth-order valence-electron chi connectivity index (χ4n) is 1.31. The Morgan fingerprint density at radius 1 is 1.38 bits per heavy atom. The Labute approximate surface area is 81.0 Å². The van der Waals surface area contributed by atoms with Crippen LogP contribution in [0.2, 0.25) is 0 Å². The Hall–Kier alpha value is -0.630. The van der Waals surface area contributed by atoms with E-state index >= 15 is 0 Å². The predicted octanol–water partition coefficient (Wildman–Crippen LogP) is 2.58. The number of methoxy groups -OCH3 is 1. The van der Waals surface area contributed by atoms with Gasteiger partial charge < -0.3 is 4.74 Å². The highest BCUT2D eigenvalue weighted by atomic mass is 16.5. The highest BCUT2D eigenvalue weighted by molar-refractivity contribution is 5.88. The summed E-state index contributed by atoms with van der Waals surface area (Å²) in [7, 11) is 1.69. The molecule has 0 aromatic heterocycles. The van der Waals surface area contributed by atoms with Crippen molar-refractivity contribution in [3.63, 3.8) is 0 Å². The number of carbonyl (C=O) groups excluding carboxylic acids is 1. The van der Waals surface area contributed by atoms with Crippen molar-refractivity contribution in [2.75, 3.05) is 7.11 Å². The zero-order valence-corrected chi connectivity index (χ0v) is 9.26. The molecule has 0 aromatic carbocycles. The van der Waals surface area contributed by atoms with E-state index in [1.165, 1.54) is 0 Å². The lowest BCUT2D eigenvalue weighted by Crippen LogP contribution is -2.15. The van der Waals surface area contributed by atoms with Crippen LogP contribution in [0, 0.1) is 5.92 Å². The molecular weight excluding hydrogens is 164 g/mol. The predicted molar refractivity (Wildman–Crippen MR) is 54.7 cm³/mol. The number of ether oxygens (including phenoxy) is 1. The van der Waals surface area contributed by atoms with E-state index in [9.17, 15) is 4.79 Å². The molecule has 1 unspecified atom stereocenters. The molecule has 0 aliphatic rings. The molecule has 0 radical (unpaired) electrons. The average Bonchev–Trinajstić information content (AvgIpc) is 1.98. The smallest absolute Gasteiger partial charge is 0.152 e. The van der Waals surface area contributed by atoms with Crippen LogP contribution in [-0.4, -0.2) is 19.0 Å². The molecule has 0 aliphatic carbocycles. The summed E-state index contributed by atoms with van der Waals surface area (Å²) in [5.41, 5.74) is 1.02. The highest BCUT2D eigenvalue weighted by Gasteiger charge is 2.11. The SMILES string of the molecule is COC(CC(C)C)C(C)=CC(C)=O. The van der Waals surface area contributed by atoms with Gasteiger partial charge in [0.1, 0.15) is 0 Å². The van der Waals surface area contributed by atoms with Crippen molar-refractivity contribution in [3.05, 3.63) is 11.6 Å². The van der Waals surface area contributed by atoms with E-state index < -0.39 is 0 Å². The maximum absolute atomic E-state index is 10.8. The summed E-state index contributed by atoms with van der Waals surface area (Å²) in [5.74, 6) is 0.670. The maximum atomic E-state index is 10.8. The molecule has 0 aliphatic heterocycles. The van der Waals surface area contributed by atoms with Gasteiger partial charge in [-0.05, 0) is 37.8 Å². The van der Waals surface area contributed by atoms with Crippen molar-refractivity contribution in [3.8, 4) is 0 Å². The molecule has 0 bridgehead atoms. The summed E-state index contributed by atoms with van der Waals surface area (Å²) < 4.78 is 5.30. The zero-order chi connectivity index (χ0) is 10.4. The molecule has 1 atom stereocenters. The Balaban J connectivity index is 4.30. The van der Waals surface area contributed by atoms with Crippen LogP contribution >= 0.6 is 0 Å². The topological polar surface area (TPSA) is 26.3 Å². The lowest BCUT2D eigenvalue weighted by atomic mass is 10.00. The zero-order valence-electron chi connectivity index (χ0n) is 9.26. The van der Waals surface area contributed by atoms with E-state index in [0.29, 0.717) is 5.92 Å². The summed E-state index contributed by atoms with van der Waals surface area (Å²) in [6.07, 6.45) is 2.70. The van der Waals surface area contributed by atoms with Gasteiger partial charge in [-0.2, -0.15) is 0 Å². The van der Waals surface area contributed by atoms with Gasteiger partial charge in [0.05, 0.1) is 6.10 Å². The van der Waals surface area contributed by atoms with Gasteiger partial charge in [0, 0.05) is 7.11 Å². The van der Waals surface area contributed by atoms with Crippen LogP contribution in [-0.2, 0) is 9.53 Å². The maximum Gasteiger partial charge on any atom is 0.152 e. The van der Waals surface area contributed by atoms with Crippen molar-refractivity contribution in [1.29, 1.82) is 0 Å². The minimum Gasteiger partial charge on any atom is -0.377 e. The Kier molecular flexibility index (Phi) is 5.63. The Morgan fingerprint density at radius 2 is 1.92 bits per heavy atom. The normalized spacial score (nSPS) is 14.8. The second-order valence-corrected chi connectivity index (χ2v) is 3.85. The minimum atomic E-state index is 0.0864. The number of allylic oxidation sites excluding steroid dienone is 1. The van der Waals surface area contributed by atoms with Gasteiger partial charge in [-0.3, -0.25) is 4.79 Å². The first-order valence-electron chi connectivity index (χ1n) is 4.69. The van der Waals surface area contributed by atoms with Crippen LogP contribution in [0.1, 0.15) is 34.1 Å². The molecule has 0 rings (SSSR count). The largest absolute Gasteiger partial charge is 0.377 e. The summed E-state index contributed by atoms with van der Waals surface area (Å²) in [6, 6.07) is 0. The van der Waals surface area contributed by atoms with Crippen LogP contribution < -0.4 is 0 Å². The molecule has 13 heavy (non-hydrogen) atoms. The number of hydrogen-bond donors (Lipinski definition) is 0.